The van der Waals surface area contributed by atoms with Crippen molar-refractivity contribution < 1.29 is 22.4 Å². The molecule has 3 N–H and O–H groups in total. The van der Waals surface area contributed by atoms with E-state index in [1.807, 2.05) is 0 Å². The summed E-state index contributed by atoms with van der Waals surface area (Å²) in [5.41, 5.74) is 6.29. The molecule has 0 bridgehead atoms. The van der Waals surface area contributed by atoms with E-state index < -0.39 is 17.6 Å². The van der Waals surface area contributed by atoms with Crippen LogP contribution in [0.4, 0.5) is 28.2 Å². The number of pyridine rings is 1. The van der Waals surface area contributed by atoms with Crippen LogP contribution in [0.2, 0.25) is 0 Å². The average molecular weight is 474 g/mol. The summed E-state index contributed by atoms with van der Waals surface area (Å²) in [4.78, 5) is 18.1. The van der Waals surface area contributed by atoms with Gasteiger partial charge in [-0.3, -0.25) is 4.68 Å². The van der Waals surface area contributed by atoms with E-state index in [9.17, 15) is 22.4 Å². The van der Waals surface area contributed by atoms with Crippen LogP contribution in [0.25, 0.3) is 11.3 Å². The van der Waals surface area contributed by atoms with Crippen molar-refractivity contribution in [2.75, 3.05) is 18.8 Å². The van der Waals surface area contributed by atoms with Gasteiger partial charge in [0.2, 0.25) is 0 Å². The van der Waals surface area contributed by atoms with Crippen molar-refractivity contribution in [2.45, 2.75) is 37.5 Å². The van der Waals surface area contributed by atoms with E-state index in [0.717, 1.165) is 18.2 Å². The Kier molecular flexibility index (Phi) is 5.03. The molecular formula is C23H22F4N6O. The maximum Gasteiger partial charge on any atom is 0.419 e. The van der Waals surface area contributed by atoms with E-state index >= 15 is 0 Å². The van der Waals surface area contributed by atoms with Crippen molar-refractivity contribution in [3.8, 4) is 11.3 Å². The lowest BCUT2D eigenvalue weighted by atomic mass is 9.76. The summed E-state index contributed by atoms with van der Waals surface area (Å²) in [5, 5.41) is 7.35. The summed E-state index contributed by atoms with van der Waals surface area (Å²) in [6.45, 7) is 3.33. The second kappa shape index (κ2) is 7.71. The number of fused-ring (bicyclic) bond motifs is 2. The van der Waals surface area contributed by atoms with Crippen LogP contribution in [-0.4, -0.2) is 38.8 Å². The zero-order chi connectivity index (χ0) is 24.3. The minimum absolute atomic E-state index is 0.233. The summed E-state index contributed by atoms with van der Waals surface area (Å²) in [7, 11) is 0. The van der Waals surface area contributed by atoms with Gasteiger partial charge in [-0.2, -0.15) is 18.3 Å². The molecule has 1 saturated heterocycles. The normalized spacial score (nSPS) is 17.4. The van der Waals surface area contributed by atoms with E-state index in [-0.39, 0.29) is 28.9 Å². The molecule has 3 aromatic rings. The highest BCUT2D eigenvalue weighted by molar-refractivity contribution is 5.76. The van der Waals surface area contributed by atoms with Crippen LogP contribution >= 0.6 is 0 Å². The van der Waals surface area contributed by atoms with Gasteiger partial charge in [0.25, 0.3) is 0 Å². The molecule has 5 rings (SSSR count). The molecule has 2 aliphatic heterocycles. The van der Waals surface area contributed by atoms with Gasteiger partial charge >= 0.3 is 12.2 Å². The van der Waals surface area contributed by atoms with Crippen LogP contribution in [0.5, 0.6) is 0 Å². The summed E-state index contributed by atoms with van der Waals surface area (Å²) < 4.78 is 54.9. The number of aromatic nitrogens is 3. The van der Waals surface area contributed by atoms with Crippen LogP contribution in [0.3, 0.4) is 0 Å². The van der Waals surface area contributed by atoms with Gasteiger partial charge in [-0.05, 0) is 43.2 Å². The number of hydrogen-bond donors (Lipinski definition) is 2. The fraction of sp³-hybridized carbons (Fsp3) is 0.348. The number of carbonyl (C=O) groups is 1. The first-order valence-corrected chi connectivity index (χ1v) is 10.8. The Morgan fingerprint density at radius 3 is 2.71 bits per heavy atom. The highest BCUT2D eigenvalue weighted by Crippen LogP contribution is 2.44. The Labute approximate surface area is 192 Å². The highest BCUT2D eigenvalue weighted by Gasteiger charge is 2.51. The number of nitrogens with two attached hydrogens (primary N) is 1. The second-order valence-electron chi connectivity index (χ2n) is 8.91. The number of anilines is 1. The van der Waals surface area contributed by atoms with Gasteiger partial charge in [0.1, 0.15) is 11.6 Å². The lowest BCUT2D eigenvalue weighted by molar-refractivity contribution is -0.137. The Balaban J connectivity index is 1.30. The summed E-state index contributed by atoms with van der Waals surface area (Å²) >= 11 is 0. The molecule has 178 valence electrons. The van der Waals surface area contributed by atoms with Gasteiger partial charge in [0, 0.05) is 42.5 Å². The van der Waals surface area contributed by atoms with Crippen molar-refractivity contribution in [1.82, 2.24) is 25.0 Å². The molecule has 7 nitrogen and oxygen atoms in total. The lowest BCUT2D eigenvalue weighted by Gasteiger charge is -2.47. The molecule has 2 amide bonds. The van der Waals surface area contributed by atoms with Gasteiger partial charge in [0.05, 0.1) is 17.3 Å². The molecule has 2 aromatic heterocycles. The largest absolute Gasteiger partial charge is 0.419 e. The molecule has 4 heterocycles. The summed E-state index contributed by atoms with van der Waals surface area (Å²) in [5.74, 6) is -0.942. The Morgan fingerprint density at radius 1 is 1.24 bits per heavy atom. The molecule has 1 aromatic carbocycles. The minimum Gasteiger partial charge on any atom is -0.383 e. The first kappa shape index (κ1) is 22.2. The third-order valence-corrected chi connectivity index (χ3v) is 6.61. The van der Waals surface area contributed by atoms with Gasteiger partial charge in [-0.15, -0.1) is 0 Å². The molecule has 11 heteroatoms. The number of rotatable bonds is 3. The molecule has 0 saturated carbocycles. The van der Waals surface area contributed by atoms with E-state index in [2.05, 4.69) is 15.4 Å². The zero-order valence-corrected chi connectivity index (χ0v) is 18.2. The van der Waals surface area contributed by atoms with Crippen LogP contribution < -0.4 is 11.1 Å². The molecule has 1 atom stereocenters. The average Bonchev–Trinajstić information content (AvgIpc) is 3.31. The molecule has 1 unspecified atom stereocenters. The van der Waals surface area contributed by atoms with E-state index in [0.29, 0.717) is 30.9 Å². The van der Waals surface area contributed by atoms with Crippen molar-refractivity contribution in [2.24, 2.45) is 0 Å². The number of likely N-dealkylation sites (tertiary alicyclic amines) is 1. The number of nitrogen functional groups attached to an aromatic ring is 1. The highest BCUT2D eigenvalue weighted by atomic mass is 19.4. The maximum atomic E-state index is 13.5. The van der Waals surface area contributed by atoms with Crippen molar-refractivity contribution >= 4 is 11.8 Å². The van der Waals surface area contributed by atoms with Crippen LogP contribution in [0, 0.1) is 5.82 Å². The third kappa shape index (κ3) is 3.74. The fourth-order valence-corrected chi connectivity index (χ4v) is 4.73. The standard InChI is InChI=1S/C23H22F4N6O/c1-13(14-3-2-4-16(24)7-14)30-21(34)32-11-22(12-32)5-6-33-19(22)9-18(31-33)15-8-17(23(25,26)27)20(28)29-10-15/h2-4,7-10,13H,5-6,11-12H2,1H3,(H2,28,29)(H,30,34). The number of urea groups is 1. The molecule has 34 heavy (non-hydrogen) atoms. The number of amides is 2. The molecule has 1 spiro atoms. The quantitative estimate of drug-likeness (QED) is 0.559. The molecule has 0 aliphatic carbocycles. The zero-order valence-electron chi connectivity index (χ0n) is 18.2. The number of hydrogen-bond acceptors (Lipinski definition) is 4. The number of nitrogens with zero attached hydrogens (tertiary/aromatic N) is 4. The van der Waals surface area contributed by atoms with Gasteiger partial charge < -0.3 is 16.0 Å². The second-order valence-corrected chi connectivity index (χ2v) is 8.91. The molecular weight excluding hydrogens is 452 g/mol. The Hall–Kier alpha value is -3.63. The predicted octanol–water partition coefficient (Wildman–Crippen LogP) is 4.11. The van der Waals surface area contributed by atoms with Gasteiger partial charge in [-0.25, -0.2) is 14.2 Å². The Morgan fingerprint density at radius 2 is 2.00 bits per heavy atom. The third-order valence-electron chi connectivity index (χ3n) is 6.61. The lowest BCUT2D eigenvalue weighted by Crippen LogP contribution is -2.62. The van der Waals surface area contributed by atoms with E-state index in [4.69, 9.17) is 5.73 Å². The molecule has 2 aliphatic rings. The van der Waals surface area contributed by atoms with Crippen molar-refractivity contribution in [3.63, 3.8) is 0 Å². The smallest absolute Gasteiger partial charge is 0.383 e. The van der Waals surface area contributed by atoms with E-state index in [1.54, 1.807) is 34.7 Å². The molecule has 0 radical (unpaired) electrons. The molecule has 1 fully saturated rings. The fourth-order valence-electron chi connectivity index (χ4n) is 4.73. The van der Waals surface area contributed by atoms with Gasteiger partial charge in [0.15, 0.2) is 0 Å². The number of aryl methyl sites for hydroxylation is 1. The topological polar surface area (TPSA) is 89.1 Å². The minimum atomic E-state index is -4.61. The number of alkyl halides is 3. The van der Waals surface area contributed by atoms with Crippen LogP contribution in [0.15, 0.2) is 42.6 Å². The van der Waals surface area contributed by atoms with Crippen LogP contribution in [-0.2, 0) is 18.1 Å². The SMILES string of the molecule is CC(NC(=O)N1CC2(CCn3nc(-c4cnc(N)c(C(F)(F)F)c4)cc32)C1)c1cccc(F)c1. The number of benzene rings is 1. The Bertz CT molecular complexity index is 1260. The predicted molar refractivity (Wildman–Crippen MR) is 116 cm³/mol. The van der Waals surface area contributed by atoms with Crippen molar-refractivity contribution in [3.05, 3.63) is 65.2 Å². The summed E-state index contributed by atoms with van der Waals surface area (Å²) in [6, 6.07) is 8.19. The maximum absolute atomic E-state index is 13.5. The number of nitrogens with one attached hydrogen (secondary N) is 1. The van der Waals surface area contributed by atoms with Crippen LogP contribution in [0.1, 0.15) is 36.2 Å². The first-order valence-electron chi connectivity index (χ1n) is 10.8. The van der Waals surface area contributed by atoms with E-state index in [1.165, 1.54) is 18.3 Å². The first-order chi connectivity index (χ1) is 16.1. The van der Waals surface area contributed by atoms with Crippen molar-refractivity contribution in [1.29, 1.82) is 0 Å². The number of halogens is 4. The van der Waals surface area contributed by atoms with Gasteiger partial charge in [-0.1, -0.05) is 12.1 Å². The monoisotopic (exact) mass is 474 g/mol. The summed E-state index contributed by atoms with van der Waals surface area (Å²) in [6.07, 6.45) is -2.54. The number of carbonyl (C=O) groups excluding carboxylic acids is 1.